The smallest absolute Gasteiger partial charge is 0.124 e. The molecule has 2 heterocycles. The topological polar surface area (TPSA) is 55.6 Å². The lowest BCUT2D eigenvalue weighted by molar-refractivity contribution is 0.741. The number of hydrogen-bond donors (Lipinski definition) is 1. The fourth-order valence-electron chi connectivity index (χ4n) is 1.35. The molecule has 0 radical (unpaired) electrons. The van der Waals surface area contributed by atoms with Crippen molar-refractivity contribution in [3.63, 3.8) is 0 Å². The molecular weight excluding hydrogens is 190 g/mol. The Labute approximate surface area is 88.2 Å². The van der Waals surface area contributed by atoms with Crippen LogP contribution in [0.4, 0.5) is 5.82 Å². The van der Waals surface area contributed by atoms with Crippen LogP contribution in [0.3, 0.4) is 0 Å². The number of anilines is 1. The monoisotopic (exact) mass is 203 g/mol. The first-order valence-electron chi connectivity index (χ1n) is 4.78. The molecule has 0 aliphatic heterocycles. The molecule has 0 saturated carbocycles. The van der Waals surface area contributed by atoms with Crippen LogP contribution in [0.25, 0.3) is 0 Å². The van der Waals surface area contributed by atoms with Crippen LogP contribution in [0.5, 0.6) is 0 Å². The zero-order valence-electron chi connectivity index (χ0n) is 8.75. The summed E-state index contributed by atoms with van der Waals surface area (Å²) in [4.78, 5) is 8.27. The van der Waals surface area contributed by atoms with Gasteiger partial charge < -0.3 is 5.32 Å². The predicted octanol–water partition coefficient (Wildman–Crippen LogP) is 1.38. The fourth-order valence-corrected chi connectivity index (χ4v) is 1.35. The first kappa shape index (κ1) is 9.64. The first-order valence-corrected chi connectivity index (χ1v) is 4.78. The summed E-state index contributed by atoms with van der Waals surface area (Å²) in [5.74, 6) is 0.966. The van der Waals surface area contributed by atoms with Gasteiger partial charge in [-0.25, -0.2) is 0 Å². The van der Waals surface area contributed by atoms with Crippen LogP contribution < -0.4 is 5.32 Å². The van der Waals surface area contributed by atoms with Crippen molar-refractivity contribution in [1.29, 1.82) is 0 Å². The Morgan fingerprint density at radius 3 is 2.80 bits per heavy atom. The molecular formula is C10H13N5. The summed E-state index contributed by atoms with van der Waals surface area (Å²) >= 11 is 0. The van der Waals surface area contributed by atoms with Crippen LogP contribution in [0.15, 0.2) is 30.9 Å². The van der Waals surface area contributed by atoms with Crippen molar-refractivity contribution in [2.45, 2.75) is 13.0 Å². The van der Waals surface area contributed by atoms with Crippen LogP contribution in [0, 0.1) is 0 Å². The molecule has 0 aliphatic rings. The molecule has 0 spiro atoms. The van der Waals surface area contributed by atoms with E-state index in [1.807, 2.05) is 20.0 Å². The second-order valence-corrected chi connectivity index (χ2v) is 3.34. The van der Waals surface area contributed by atoms with Crippen LogP contribution >= 0.6 is 0 Å². The molecule has 5 heteroatoms. The van der Waals surface area contributed by atoms with Crippen LogP contribution in [-0.2, 0) is 7.05 Å². The van der Waals surface area contributed by atoms with E-state index in [0.717, 1.165) is 11.5 Å². The van der Waals surface area contributed by atoms with E-state index >= 15 is 0 Å². The molecule has 0 saturated heterocycles. The highest BCUT2D eigenvalue weighted by Gasteiger charge is 2.07. The van der Waals surface area contributed by atoms with Crippen molar-refractivity contribution >= 4 is 5.82 Å². The molecule has 1 N–H and O–H groups in total. The Morgan fingerprint density at radius 1 is 1.33 bits per heavy atom. The molecule has 1 unspecified atom stereocenters. The van der Waals surface area contributed by atoms with E-state index in [1.165, 1.54) is 0 Å². The number of hydrogen-bond acceptors (Lipinski definition) is 4. The molecule has 1 atom stereocenters. The number of nitrogens with zero attached hydrogens (tertiary/aromatic N) is 4. The van der Waals surface area contributed by atoms with Gasteiger partial charge in [0, 0.05) is 25.5 Å². The summed E-state index contributed by atoms with van der Waals surface area (Å²) in [6.45, 7) is 2.04. The number of aryl methyl sites for hydroxylation is 1. The summed E-state index contributed by atoms with van der Waals surface area (Å²) in [7, 11) is 1.89. The zero-order chi connectivity index (χ0) is 10.7. The van der Waals surface area contributed by atoms with Gasteiger partial charge in [0.2, 0.25) is 0 Å². The second kappa shape index (κ2) is 4.08. The Balaban J connectivity index is 2.11. The first-order chi connectivity index (χ1) is 7.27. The highest BCUT2D eigenvalue weighted by atomic mass is 15.3. The van der Waals surface area contributed by atoms with Crippen molar-refractivity contribution in [1.82, 2.24) is 19.7 Å². The van der Waals surface area contributed by atoms with E-state index < -0.39 is 0 Å². The molecule has 2 aromatic rings. The quantitative estimate of drug-likeness (QED) is 0.818. The highest BCUT2D eigenvalue weighted by Crippen LogP contribution is 2.15. The van der Waals surface area contributed by atoms with Crippen LogP contribution in [-0.4, -0.2) is 19.7 Å². The maximum absolute atomic E-state index is 4.23. The molecule has 0 aromatic carbocycles. The van der Waals surface area contributed by atoms with Gasteiger partial charge in [-0.2, -0.15) is 5.10 Å². The average molecular weight is 203 g/mol. The molecule has 0 bridgehead atoms. The summed E-state index contributed by atoms with van der Waals surface area (Å²) in [6.07, 6.45) is 6.87. The molecule has 0 fully saturated rings. The molecule has 2 rings (SSSR count). The lowest BCUT2D eigenvalue weighted by Crippen LogP contribution is -2.11. The van der Waals surface area contributed by atoms with E-state index in [0.29, 0.717) is 0 Å². The summed E-state index contributed by atoms with van der Waals surface area (Å²) in [6, 6.07) is 2.04. The number of aromatic nitrogens is 4. The maximum Gasteiger partial charge on any atom is 0.124 e. The lowest BCUT2D eigenvalue weighted by atomic mass is 10.2. The Morgan fingerprint density at radius 2 is 2.20 bits per heavy atom. The van der Waals surface area contributed by atoms with Gasteiger partial charge in [-0.1, -0.05) is 0 Å². The Bertz CT molecular complexity index is 422. The molecule has 78 valence electrons. The third-order valence-electron chi connectivity index (χ3n) is 2.21. The van der Waals surface area contributed by atoms with Gasteiger partial charge >= 0.3 is 0 Å². The van der Waals surface area contributed by atoms with Gasteiger partial charge in [0.25, 0.3) is 0 Å². The van der Waals surface area contributed by atoms with Gasteiger partial charge in [0.15, 0.2) is 0 Å². The fraction of sp³-hybridized carbons (Fsp3) is 0.300. The summed E-state index contributed by atoms with van der Waals surface area (Å²) < 4.78 is 1.78. The minimum atomic E-state index is 0.120. The third-order valence-corrected chi connectivity index (χ3v) is 2.21. The van der Waals surface area contributed by atoms with Gasteiger partial charge in [-0.3, -0.25) is 14.6 Å². The average Bonchev–Trinajstić information content (AvgIpc) is 2.66. The molecule has 5 nitrogen and oxygen atoms in total. The van der Waals surface area contributed by atoms with E-state index in [9.17, 15) is 0 Å². The third kappa shape index (κ3) is 2.12. The van der Waals surface area contributed by atoms with Gasteiger partial charge in [0.1, 0.15) is 5.82 Å². The minimum Gasteiger partial charge on any atom is -0.362 e. The van der Waals surface area contributed by atoms with Crippen molar-refractivity contribution in [2.24, 2.45) is 7.05 Å². The maximum atomic E-state index is 4.23. The van der Waals surface area contributed by atoms with Gasteiger partial charge in [0.05, 0.1) is 24.1 Å². The van der Waals surface area contributed by atoms with Crippen LogP contribution in [0.1, 0.15) is 18.7 Å². The molecule has 0 aliphatic carbocycles. The minimum absolute atomic E-state index is 0.120. The van der Waals surface area contributed by atoms with E-state index in [1.54, 1.807) is 29.5 Å². The molecule has 2 aromatic heterocycles. The number of nitrogens with one attached hydrogen (secondary N) is 1. The Kier molecular flexibility index (Phi) is 2.62. The predicted molar refractivity (Wildman–Crippen MR) is 57.3 cm³/mol. The van der Waals surface area contributed by atoms with Crippen LogP contribution in [0.2, 0.25) is 0 Å². The van der Waals surface area contributed by atoms with E-state index in [2.05, 4.69) is 20.4 Å². The van der Waals surface area contributed by atoms with E-state index in [-0.39, 0.29) is 6.04 Å². The summed E-state index contributed by atoms with van der Waals surface area (Å²) in [5, 5.41) is 7.39. The normalized spacial score (nSPS) is 12.4. The SMILES string of the molecule is CC(Nc1ccnn1C)c1cnccn1. The number of rotatable bonds is 3. The largest absolute Gasteiger partial charge is 0.362 e. The van der Waals surface area contributed by atoms with Crippen molar-refractivity contribution in [3.05, 3.63) is 36.5 Å². The van der Waals surface area contributed by atoms with Crippen molar-refractivity contribution in [3.8, 4) is 0 Å². The lowest BCUT2D eigenvalue weighted by Gasteiger charge is -2.13. The van der Waals surface area contributed by atoms with Crippen molar-refractivity contribution < 1.29 is 0 Å². The van der Waals surface area contributed by atoms with Crippen molar-refractivity contribution in [2.75, 3.05) is 5.32 Å². The van der Waals surface area contributed by atoms with Gasteiger partial charge in [-0.05, 0) is 6.92 Å². The summed E-state index contributed by atoms with van der Waals surface area (Å²) in [5.41, 5.74) is 0.915. The van der Waals surface area contributed by atoms with Gasteiger partial charge in [-0.15, -0.1) is 0 Å². The Hall–Kier alpha value is -1.91. The zero-order valence-corrected chi connectivity index (χ0v) is 8.75. The second-order valence-electron chi connectivity index (χ2n) is 3.34. The molecule has 15 heavy (non-hydrogen) atoms. The standard InChI is InChI=1S/C10H13N5/c1-8(9-7-11-5-6-12-9)14-10-3-4-13-15(10)2/h3-8,14H,1-2H3. The molecule has 0 amide bonds. The van der Waals surface area contributed by atoms with E-state index in [4.69, 9.17) is 0 Å². The highest BCUT2D eigenvalue weighted by molar-refractivity contribution is 5.36.